The number of nitrogens with zero attached hydrogens (tertiary/aromatic N) is 1. The van der Waals surface area contributed by atoms with Gasteiger partial charge in [-0.05, 0) is 57.3 Å². The molecule has 0 amide bonds. The van der Waals surface area contributed by atoms with E-state index in [4.69, 9.17) is 0 Å². The maximum Gasteiger partial charge on any atom is 0.240 e. The summed E-state index contributed by atoms with van der Waals surface area (Å²) >= 11 is 0. The number of likely N-dealkylation sites (tertiary alicyclic amines) is 1. The van der Waals surface area contributed by atoms with Crippen LogP contribution in [0.2, 0.25) is 0 Å². The fourth-order valence-electron chi connectivity index (χ4n) is 3.20. The zero-order valence-electron chi connectivity index (χ0n) is 14.6. The number of rotatable bonds is 7. The van der Waals surface area contributed by atoms with Crippen molar-refractivity contribution in [3.8, 4) is 0 Å². The first-order valence-corrected chi connectivity index (χ1v) is 10.2. The molecule has 130 valence electrons. The SMILES string of the molecule is Cc1ccc(S(=O)(=O)NCC(CC(C)C)N2CCCCC2)cc1. The number of benzene rings is 1. The molecule has 1 atom stereocenters. The van der Waals surface area contributed by atoms with E-state index >= 15 is 0 Å². The summed E-state index contributed by atoms with van der Waals surface area (Å²) in [5, 5.41) is 0. The first-order chi connectivity index (χ1) is 10.9. The first kappa shape index (κ1) is 18.4. The first-order valence-electron chi connectivity index (χ1n) is 8.69. The predicted molar refractivity (Wildman–Crippen MR) is 95.0 cm³/mol. The summed E-state index contributed by atoms with van der Waals surface area (Å²) in [6, 6.07) is 7.32. The van der Waals surface area contributed by atoms with Gasteiger partial charge in [0, 0.05) is 12.6 Å². The number of hydrogen-bond acceptors (Lipinski definition) is 3. The molecule has 2 rings (SSSR count). The maximum atomic E-state index is 12.5. The lowest BCUT2D eigenvalue weighted by Gasteiger charge is -2.35. The van der Waals surface area contributed by atoms with E-state index < -0.39 is 10.0 Å². The molecule has 1 aromatic rings. The Labute approximate surface area is 141 Å². The zero-order valence-corrected chi connectivity index (χ0v) is 15.4. The van der Waals surface area contributed by atoms with Crippen molar-refractivity contribution >= 4 is 10.0 Å². The minimum atomic E-state index is -3.42. The average Bonchev–Trinajstić information content (AvgIpc) is 2.52. The summed E-state index contributed by atoms with van der Waals surface area (Å²) in [5.41, 5.74) is 1.06. The number of hydrogen-bond donors (Lipinski definition) is 1. The second kappa shape index (κ2) is 8.27. The Bertz CT molecular complexity index is 576. The fraction of sp³-hybridized carbons (Fsp3) is 0.667. The van der Waals surface area contributed by atoms with Crippen LogP contribution < -0.4 is 4.72 Å². The van der Waals surface area contributed by atoms with Gasteiger partial charge in [0.15, 0.2) is 0 Å². The molecule has 0 aromatic heterocycles. The van der Waals surface area contributed by atoms with Gasteiger partial charge in [0.2, 0.25) is 10.0 Å². The van der Waals surface area contributed by atoms with Gasteiger partial charge in [-0.15, -0.1) is 0 Å². The van der Waals surface area contributed by atoms with E-state index in [2.05, 4.69) is 23.5 Å². The molecule has 1 fully saturated rings. The second-order valence-electron chi connectivity index (χ2n) is 7.04. The van der Waals surface area contributed by atoms with Crippen molar-refractivity contribution in [1.29, 1.82) is 0 Å². The Balaban J connectivity index is 2.02. The number of aryl methyl sites for hydroxylation is 1. The summed E-state index contributed by atoms with van der Waals surface area (Å²) in [6.45, 7) is 9.03. The molecule has 1 aliphatic rings. The van der Waals surface area contributed by atoms with E-state index in [1.54, 1.807) is 12.1 Å². The topological polar surface area (TPSA) is 49.4 Å². The van der Waals surface area contributed by atoms with E-state index in [0.29, 0.717) is 17.4 Å². The van der Waals surface area contributed by atoms with Crippen LogP contribution in [0.4, 0.5) is 0 Å². The standard InChI is InChI=1S/C18H30N2O2S/c1-15(2)13-17(20-11-5-4-6-12-20)14-19-23(21,22)18-9-7-16(3)8-10-18/h7-10,15,17,19H,4-6,11-14H2,1-3H3. The van der Waals surface area contributed by atoms with Gasteiger partial charge in [-0.2, -0.15) is 0 Å². The Hall–Kier alpha value is -0.910. The molecular formula is C18H30N2O2S. The molecule has 1 heterocycles. The van der Waals surface area contributed by atoms with Gasteiger partial charge in [-0.3, -0.25) is 4.90 Å². The highest BCUT2D eigenvalue weighted by atomic mass is 32.2. The lowest BCUT2D eigenvalue weighted by atomic mass is 10.00. The minimum Gasteiger partial charge on any atom is -0.299 e. The van der Waals surface area contributed by atoms with E-state index in [9.17, 15) is 8.42 Å². The van der Waals surface area contributed by atoms with E-state index in [1.165, 1.54) is 19.3 Å². The van der Waals surface area contributed by atoms with Crippen molar-refractivity contribution in [3.05, 3.63) is 29.8 Å². The van der Waals surface area contributed by atoms with E-state index in [-0.39, 0.29) is 6.04 Å². The summed E-state index contributed by atoms with van der Waals surface area (Å²) in [7, 11) is -3.42. The monoisotopic (exact) mass is 338 g/mol. The lowest BCUT2D eigenvalue weighted by molar-refractivity contribution is 0.146. The van der Waals surface area contributed by atoms with Crippen molar-refractivity contribution in [2.45, 2.75) is 57.4 Å². The quantitative estimate of drug-likeness (QED) is 0.831. The van der Waals surface area contributed by atoms with Crippen molar-refractivity contribution in [2.75, 3.05) is 19.6 Å². The Morgan fingerprint density at radius 2 is 1.70 bits per heavy atom. The van der Waals surface area contributed by atoms with Crippen LogP contribution in [-0.2, 0) is 10.0 Å². The molecule has 23 heavy (non-hydrogen) atoms. The van der Waals surface area contributed by atoms with Gasteiger partial charge in [0.25, 0.3) is 0 Å². The highest BCUT2D eigenvalue weighted by Gasteiger charge is 2.24. The van der Waals surface area contributed by atoms with Crippen LogP contribution in [0.15, 0.2) is 29.2 Å². The van der Waals surface area contributed by atoms with Crippen LogP contribution in [0.3, 0.4) is 0 Å². The van der Waals surface area contributed by atoms with Crippen molar-refractivity contribution < 1.29 is 8.42 Å². The van der Waals surface area contributed by atoms with Gasteiger partial charge < -0.3 is 0 Å². The van der Waals surface area contributed by atoms with Crippen LogP contribution in [0, 0.1) is 12.8 Å². The summed E-state index contributed by atoms with van der Waals surface area (Å²) < 4.78 is 27.8. The Kier molecular flexibility index (Phi) is 6.62. The summed E-state index contributed by atoms with van der Waals surface area (Å²) in [6.07, 6.45) is 4.76. The van der Waals surface area contributed by atoms with Gasteiger partial charge in [-0.1, -0.05) is 38.0 Å². The third kappa shape index (κ3) is 5.59. The van der Waals surface area contributed by atoms with Crippen LogP contribution in [-0.4, -0.2) is 39.0 Å². The largest absolute Gasteiger partial charge is 0.299 e. The molecule has 0 aliphatic carbocycles. The van der Waals surface area contributed by atoms with Crippen molar-refractivity contribution in [3.63, 3.8) is 0 Å². The fourth-order valence-corrected chi connectivity index (χ4v) is 4.27. The number of piperidine rings is 1. The zero-order chi connectivity index (χ0) is 16.9. The highest BCUT2D eigenvalue weighted by molar-refractivity contribution is 7.89. The molecule has 1 N–H and O–H groups in total. The molecule has 1 saturated heterocycles. The van der Waals surface area contributed by atoms with Crippen LogP contribution in [0.1, 0.15) is 45.1 Å². The summed E-state index contributed by atoms with van der Waals surface area (Å²) in [5.74, 6) is 0.561. The van der Waals surface area contributed by atoms with Crippen molar-refractivity contribution in [2.24, 2.45) is 5.92 Å². The number of nitrogens with one attached hydrogen (secondary N) is 1. The Morgan fingerprint density at radius 1 is 1.09 bits per heavy atom. The molecule has 1 aromatic carbocycles. The highest BCUT2D eigenvalue weighted by Crippen LogP contribution is 2.18. The van der Waals surface area contributed by atoms with Gasteiger partial charge in [0.1, 0.15) is 0 Å². The molecule has 0 bridgehead atoms. The van der Waals surface area contributed by atoms with Gasteiger partial charge in [0.05, 0.1) is 4.90 Å². The third-order valence-electron chi connectivity index (χ3n) is 4.49. The van der Waals surface area contributed by atoms with Crippen LogP contribution in [0.5, 0.6) is 0 Å². The minimum absolute atomic E-state index is 0.288. The third-order valence-corrected chi connectivity index (χ3v) is 5.93. The molecule has 5 heteroatoms. The normalized spacial score (nSPS) is 18.3. The lowest BCUT2D eigenvalue weighted by Crippen LogP contribution is -2.46. The summed E-state index contributed by atoms with van der Waals surface area (Å²) in [4.78, 5) is 2.81. The molecule has 1 aliphatic heterocycles. The van der Waals surface area contributed by atoms with Crippen LogP contribution in [0.25, 0.3) is 0 Å². The predicted octanol–water partition coefficient (Wildman–Crippen LogP) is 3.17. The maximum absolute atomic E-state index is 12.5. The molecule has 0 spiro atoms. The Morgan fingerprint density at radius 3 is 2.26 bits per heavy atom. The van der Waals surface area contributed by atoms with Gasteiger partial charge in [-0.25, -0.2) is 13.1 Å². The van der Waals surface area contributed by atoms with Crippen LogP contribution >= 0.6 is 0 Å². The molecule has 0 saturated carbocycles. The molecule has 1 unspecified atom stereocenters. The second-order valence-corrected chi connectivity index (χ2v) is 8.81. The van der Waals surface area contributed by atoms with E-state index in [1.807, 2.05) is 19.1 Å². The molecule has 4 nitrogen and oxygen atoms in total. The van der Waals surface area contributed by atoms with Gasteiger partial charge >= 0.3 is 0 Å². The average molecular weight is 339 g/mol. The molecular weight excluding hydrogens is 308 g/mol. The molecule has 0 radical (unpaired) electrons. The smallest absolute Gasteiger partial charge is 0.240 e. The van der Waals surface area contributed by atoms with E-state index in [0.717, 1.165) is 25.1 Å². The number of sulfonamides is 1. The van der Waals surface area contributed by atoms with Crippen molar-refractivity contribution in [1.82, 2.24) is 9.62 Å².